The van der Waals surface area contributed by atoms with E-state index in [-0.39, 0.29) is 24.7 Å². The molecule has 33 heavy (non-hydrogen) atoms. The van der Waals surface area contributed by atoms with Gasteiger partial charge < -0.3 is 9.64 Å². The van der Waals surface area contributed by atoms with Crippen LogP contribution in [0.15, 0.2) is 72.8 Å². The van der Waals surface area contributed by atoms with Gasteiger partial charge in [0.2, 0.25) is 0 Å². The van der Waals surface area contributed by atoms with E-state index in [4.69, 9.17) is 4.74 Å². The minimum atomic E-state index is -0.607. The van der Waals surface area contributed by atoms with Crippen LogP contribution in [0.2, 0.25) is 0 Å². The van der Waals surface area contributed by atoms with Crippen molar-refractivity contribution in [2.24, 2.45) is 0 Å². The lowest BCUT2D eigenvalue weighted by Gasteiger charge is -2.36. The van der Waals surface area contributed by atoms with Crippen LogP contribution >= 0.6 is 0 Å². The molecule has 0 aliphatic carbocycles. The third-order valence-corrected chi connectivity index (χ3v) is 5.30. The molecule has 1 aliphatic rings. The van der Waals surface area contributed by atoms with Crippen molar-refractivity contribution in [2.45, 2.75) is 19.6 Å². The molecular formula is C25H23F2N3O3. The Bertz CT molecular complexity index is 1140. The summed E-state index contributed by atoms with van der Waals surface area (Å²) in [5.74, 6) is -1.10. The predicted octanol–water partition coefficient (Wildman–Crippen LogP) is 5.55. The van der Waals surface area contributed by atoms with Crippen LogP contribution in [0.25, 0.3) is 0 Å². The van der Waals surface area contributed by atoms with Crippen LogP contribution in [0, 0.1) is 11.6 Å². The average molecular weight is 451 g/mol. The summed E-state index contributed by atoms with van der Waals surface area (Å²) in [5, 5.41) is 2.67. The Balaban J connectivity index is 1.41. The molecular weight excluding hydrogens is 428 g/mol. The van der Waals surface area contributed by atoms with Gasteiger partial charge in [-0.2, -0.15) is 0 Å². The highest BCUT2D eigenvalue weighted by Gasteiger charge is 2.27. The number of urea groups is 1. The fraction of sp³-hybridized carbons (Fsp3) is 0.200. The molecule has 1 saturated heterocycles. The van der Waals surface area contributed by atoms with Crippen molar-refractivity contribution in [3.63, 3.8) is 0 Å². The van der Waals surface area contributed by atoms with Crippen LogP contribution in [0.4, 0.5) is 29.7 Å². The zero-order valence-electron chi connectivity index (χ0n) is 17.8. The number of halogens is 2. The van der Waals surface area contributed by atoms with Crippen molar-refractivity contribution < 1.29 is 23.1 Å². The van der Waals surface area contributed by atoms with E-state index in [0.717, 1.165) is 23.8 Å². The summed E-state index contributed by atoms with van der Waals surface area (Å²) in [7, 11) is 0. The van der Waals surface area contributed by atoms with E-state index in [0.29, 0.717) is 30.9 Å². The number of nitrogens with one attached hydrogen (secondary N) is 1. The van der Waals surface area contributed by atoms with Crippen molar-refractivity contribution in [3.05, 3.63) is 95.6 Å². The van der Waals surface area contributed by atoms with Crippen molar-refractivity contribution in [1.29, 1.82) is 0 Å². The summed E-state index contributed by atoms with van der Waals surface area (Å²) in [6, 6.07) is 19.1. The zero-order valence-corrected chi connectivity index (χ0v) is 17.8. The van der Waals surface area contributed by atoms with Crippen LogP contribution in [-0.4, -0.2) is 30.1 Å². The van der Waals surface area contributed by atoms with E-state index in [9.17, 15) is 18.4 Å². The molecule has 1 aliphatic heterocycles. The van der Waals surface area contributed by atoms with Crippen molar-refractivity contribution in [2.75, 3.05) is 23.3 Å². The van der Waals surface area contributed by atoms with Gasteiger partial charge in [-0.3, -0.25) is 10.2 Å². The van der Waals surface area contributed by atoms with Crippen LogP contribution in [0.5, 0.6) is 0 Å². The van der Waals surface area contributed by atoms with Gasteiger partial charge in [-0.1, -0.05) is 36.4 Å². The van der Waals surface area contributed by atoms with Crippen molar-refractivity contribution in [1.82, 2.24) is 4.90 Å². The number of ether oxygens (including phenoxy) is 1. The van der Waals surface area contributed by atoms with Gasteiger partial charge in [0.15, 0.2) is 0 Å². The lowest BCUT2D eigenvalue weighted by Crippen LogP contribution is -2.49. The Labute approximate surface area is 190 Å². The predicted molar refractivity (Wildman–Crippen MR) is 121 cm³/mol. The normalized spacial score (nSPS) is 13.7. The molecule has 8 heteroatoms. The van der Waals surface area contributed by atoms with Gasteiger partial charge in [-0.25, -0.2) is 18.4 Å². The van der Waals surface area contributed by atoms with E-state index in [1.165, 1.54) is 4.90 Å². The highest BCUT2D eigenvalue weighted by atomic mass is 19.1. The van der Waals surface area contributed by atoms with Gasteiger partial charge in [0.1, 0.15) is 18.2 Å². The first-order chi connectivity index (χ1) is 16.0. The first kappa shape index (κ1) is 22.3. The Morgan fingerprint density at radius 1 is 0.970 bits per heavy atom. The fourth-order valence-corrected chi connectivity index (χ4v) is 3.67. The molecule has 3 aromatic rings. The number of hydrogen-bond donors (Lipinski definition) is 1. The van der Waals surface area contributed by atoms with Crippen molar-refractivity contribution >= 4 is 23.5 Å². The summed E-state index contributed by atoms with van der Waals surface area (Å²) in [4.78, 5) is 28.2. The average Bonchev–Trinajstić information content (AvgIpc) is 2.82. The fourth-order valence-electron chi connectivity index (χ4n) is 3.67. The Kier molecular flexibility index (Phi) is 6.83. The molecule has 0 spiro atoms. The molecule has 0 radical (unpaired) electrons. The summed E-state index contributed by atoms with van der Waals surface area (Å²) in [5.41, 5.74) is 2.06. The number of rotatable bonds is 6. The second-order valence-corrected chi connectivity index (χ2v) is 7.68. The maximum atomic E-state index is 14.0. The van der Waals surface area contributed by atoms with E-state index >= 15 is 0 Å². The topological polar surface area (TPSA) is 61.9 Å². The summed E-state index contributed by atoms with van der Waals surface area (Å²) < 4.78 is 32.8. The van der Waals surface area contributed by atoms with E-state index in [2.05, 4.69) is 5.32 Å². The molecule has 3 aromatic carbocycles. The molecule has 0 aromatic heterocycles. The standard InChI is InChI=1S/C25H23F2N3O3/c26-20-10-11-23(27)19(14-20)16-29-12-5-13-30(25(29)32)22-9-4-8-21(15-22)28-24(31)33-17-18-6-2-1-3-7-18/h1-4,6-11,14-15H,5,12-13,16-17H2,(H,28,31). The third-order valence-electron chi connectivity index (χ3n) is 5.30. The molecule has 4 rings (SSSR count). The van der Waals surface area contributed by atoms with Gasteiger partial charge >= 0.3 is 12.1 Å². The first-order valence-electron chi connectivity index (χ1n) is 10.6. The molecule has 0 unspecified atom stereocenters. The summed E-state index contributed by atoms with van der Waals surface area (Å²) in [6.07, 6.45) is 0.0589. The van der Waals surface area contributed by atoms with Crippen LogP contribution in [-0.2, 0) is 17.9 Å². The molecule has 0 saturated carbocycles. The monoisotopic (exact) mass is 451 g/mol. The van der Waals surface area contributed by atoms with Gasteiger partial charge in [-0.15, -0.1) is 0 Å². The van der Waals surface area contributed by atoms with E-state index in [1.54, 1.807) is 29.2 Å². The maximum absolute atomic E-state index is 14.0. The van der Waals surface area contributed by atoms with Crippen LogP contribution in [0.3, 0.4) is 0 Å². The largest absolute Gasteiger partial charge is 0.444 e. The highest BCUT2D eigenvalue weighted by molar-refractivity contribution is 5.94. The molecule has 6 nitrogen and oxygen atoms in total. The van der Waals surface area contributed by atoms with Gasteiger partial charge in [-0.05, 0) is 48.4 Å². The Morgan fingerprint density at radius 2 is 1.79 bits per heavy atom. The maximum Gasteiger partial charge on any atom is 0.411 e. The SMILES string of the molecule is O=C(Nc1cccc(N2CCCN(Cc3cc(F)ccc3F)C2=O)c1)OCc1ccccc1. The van der Waals surface area contributed by atoms with Crippen LogP contribution in [0.1, 0.15) is 17.5 Å². The summed E-state index contributed by atoms with van der Waals surface area (Å²) >= 11 is 0. The molecule has 1 N–H and O–H groups in total. The number of carbonyl (C=O) groups is 2. The highest BCUT2D eigenvalue weighted by Crippen LogP contribution is 2.25. The molecule has 170 valence electrons. The second-order valence-electron chi connectivity index (χ2n) is 7.68. The molecule has 1 fully saturated rings. The van der Waals surface area contributed by atoms with Gasteiger partial charge in [0.25, 0.3) is 0 Å². The smallest absolute Gasteiger partial charge is 0.411 e. The molecule has 3 amide bonds. The molecule has 0 atom stereocenters. The Morgan fingerprint density at radius 3 is 2.61 bits per heavy atom. The number of anilines is 2. The van der Waals surface area contributed by atoms with Gasteiger partial charge in [0.05, 0.1) is 6.54 Å². The van der Waals surface area contributed by atoms with E-state index in [1.807, 2.05) is 30.3 Å². The molecule has 0 bridgehead atoms. The quantitative estimate of drug-likeness (QED) is 0.535. The molecule has 1 heterocycles. The van der Waals surface area contributed by atoms with Crippen LogP contribution < -0.4 is 10.2 Å². The summed E-state index contributed by atoms with van der Waals surface area (Å²) in [6.45, 7) is 1.03. The van der Waals surface area contributed by atoms with Crippen molar-refractivity contribution in [3.8, 4) is 0 Å². The number of carbonyl (C=O) groups excluding carboxylic acids is 2. The minimum absolute atomic E-state index is 0.0251. The second kappa shape index (κ2) is 10.1. The first-order valence-corrected chi connectivity index (χ1v) is 10.6. The third kappa shape index (κ3) is 5.65. The number of hydrogen-bond acceptors (Lipinski definition) is 3. The van der Waals surface area contributed by atoms with Gasteiger partial charge in [0, 0.05) is 30.0 Å². The number of nitrogens with zero attached hydrogens (tertiary/aromatic N) is 2. The lowest BCUT2D eigenvalue weighted by atomic mass is 10.1. The number of amides is 3. The minimum Gasteiger partial charge on any atom is -0.444 e. The lowest BCUT2D eigenvalue weighted by molar-refractivity contribution is 0.155. The Hall–Kier alpha value is -3.94. The van der Waals surface area contributed by atoms with E-state index < -0.39 is 17.7 Å². The number of benzene rings is 3. The zero-order chi connectivity index (χ0) is 23.2.